The van der Waals surface area contributed by atoms with E-state index < -0.39 is 17.7 Å². The molecule has 0 amide bonds. The van der Waals surface area contributed by atoms with Crippen LogP contribution in [0.3, 0.4) is 0 Å². The fourth-order valence-corrected chi connectivity index (χ4v) is 6.67. The molecular weight excluding hydrogens is 377 g/mol. The maximum atomic E-state index is 13.0. The highest BCUT2D eigenvalue weighted by molar-refractivity contribution is 7.94. The molecule has 0 heterocycles. The van der Waals surface area contributed by atoms with E-state index in [-0.39, 0.29) is 4.90 Å². The largest absolute Gasteiger partial charge is 0.497 e. The van der Waals surface area contributed by atoms with Gasteiger partial charge in [-0.2, -0.15) is 8.42 Å². The second kappa shape index (κ2) is 8.03. The summed E-state index contributed by atoms with van der Waals surface area (Å²) in [4.78, 5) is 0.165. The molecule has 0 N–H and O–H groups in total. The van der Waals surface area contributed by atoms with Crippen molar-refractivity contribution in [3.63, 3.8) is 0 Å². The molecule has 0 fully saturated rings. The van der Waals surface area contributed by atoms with Crippen molar-refractivity contribution in [1.82, 2.24) is 0 Å². The van der Waals surface area contributed by atoms with E-state index in [2.05, 4.69) is 4.15 Å². The lowest BCUT2D eigenvalue weighted by atomic mass is 10.2. The first kappa shape index (κ1) is 19.3. The van der Waals surface area contributed by atoms with Gasteiger partial charge in [0.25, 0.3) is 7.71 Å². The molecule has 138 valence electrons. The zero-order valence-electron chi connectivity index (χ0n) is 15.5. The van der Waals surface area contributed by atoms with Crippen molar-refractivity contribution in [2.45, 2.75) is 18.7 Å². The second-order valence-corrected chi connectivity index (χ2v) is 9.78. The third kappa shape index (κ3) is 4.26. The van der Waals surface area contributed by atoms with Gasteiger partial charge in [0.05, 0.1) is 12.0 Å². The number of nitrogens with zero attached hydrogens (tertiary/aromatic N) is 1. The van der Waals surface area contributed by atoms with Gasteiger partial charge in [0.2, 0.25) is 0 Å². The molecule has 0 aliphatic rings. The van der Waals surface area contributed by atoms with Crippen LogP contribution in [0.1, 0.15) is 11.1 Å². The Hall–Kier alpha value is -2.49. The van der Waals surface area contributed by atoms with Gasteiger partial charge in [0, 0.05) is 15.3 Å². The van der Waals surface area contributed by atoms with E-state index in [1.807, 2.05) is 62.4 Å². The summed E-state index contributed by atoms with van der Waals surface area (Å²) in [5.74, 6) is 0.606. The first-order valence-corrected chi connectivity index (χ1v) is 11.2. The summed E-state index contributed by atoms with van der Waals surface area (Å²) in [6.45, 7) is 3.97. The van der Waals surface area contributed by atoms with Crippen molar-refractivity contribution >= 4 is 28.3 Å². The molecule has 3 aromatic carbocycles. The maximum Gasteiger partial charge on any atom is 0.317 e. The Morgan fingerprint density at radius 2 is 1.26 bits per heavy atom. The van der Waals surface area contributed by atoms with Crippen LogP contribution in [-0.4, -0.2) is 15.5 Å². The molecule has 0 saturated heterocycles. The average Bonchev–Trinajstić information content (AvgIpc) is 2.67. The predicted molar refractivity (Wildman–Crippen MR) is 111 cm³/mol. The highest BCUT2D eigenvalue weighted by atomic mass is 32.2. The Kier molecular flexibility index (Phi) is 5.73. The van der Waals surface area contributed by atoms with Gasteiger partial charge in [0.1, 0.15) is 5.75 Å². The monoisotopic (exact) mass is 398 g/mol. The summed E-state index contributed by atoms with van der Waals surface area (Å²) in [5, 5.41) is 1.89. The van der Waals surface area contributed by atoms with Crippen LogP contribution in [0.5, 0.6) is 5.75 Å². The topological polar surface area (TPSA) is 55.7 Å². The molecule has 4 nitrogen and oxygen atoms in total. The average molecular weight is 398 g/mol. The maximum absolute atomic E-state index is 13.0. The summed E-state index contributed by atoms with van der Waals surface area (Å²) >= 11 is 0. The Morgan fingerprint density at radius 3 is 1.70 bits per heavy atom. The Bertz CT molecular complexity index is 1040. The van der Waals surface area contributed by atoms with E-state index in [9.17, 15) is 8.42 Å². The van der Waals surface area contributed by atoms with Gasteiger partial charge in [0.15, 0.2) is 10.6 Å². The number of hydrogen-bond acceptors (Lipinski definition) is 3. The third-order valence-corrected chi connectivity index (χ3v) is 8.53. The van der Waals surface area contributed by atoms with Crippen LogP contribution in [0.15, 0.2) is 81.8 Å². The number of ether oxygens (including phenoxy) is 1. The van der Waals surface area contributed by atoms with Crippen LogP contribution in [0, 0.1) is 13.8 Å². The molecular formula is C21H21NO3PS+. The molecule has 0 bridgehead atoms. The van der Waals surface area contributed by atoms with Crippen molar-refractivity contribution in [1.29, 1.82) is 0 Å². The first-order chi connectivity index (χ1) is 12.9. The smallest absolute Gasteiger partial charge is 0.317 e. The van der Waals surface area contributed by atoms with E-state index in [1.165, 1.54) is 12.1 Å². The van der Waals surface area contributed by atoms with Crippen LogP contribution in [0.4, 0.5) is 0 Å². The highest BCUT2D eigenvalue weighted by Crippen LogP contribution is 2.32. The third-order valence-electron chi connectivity index (χ3n) is 4.23. The molecule has 0 unspecified atom stereocenters. The summed E-state index contributed by atoms with van der Waals surface area (Å²) in [6.07, 6.45) is 0. The molecule has 0 spiro atoms. The van der Waals surface area contributed by atoms with Crippen molar-refractivity contribution < 1.29 is 13.2 Å². The van der Waals surface area contributed by atoms with Gasteiger partial charge >= 0.3 is 10.0 Å². The molecule has 0 saturated carbocycles. The number of hydrogen-bond donors (Lipinski definition) is 0. The summed E-state index contributed by atoms with van der Waals surface area (Å²) in [7, 11) is -3.68. The van der Waals surface area contributed by atoms with Crippen LogP contribution < -0.4 is 15.3 Å². The van der Waals surface area contributed by atoms with Gasteiger partial charge in [-0.25, -0.2) is 0 Å². The van der Waals surface area contributed by atoms with E-state index in [4.69, 9.17) is 4.74 Å². The van der Waals surface area contributed by atoms with Gasteiger partial charge in [-0.05, 0) is 50.2 Å². The first-order valence-electron chi connectivity index (χ1n) is 8.46. The zero-order valence-corrected chi connectivity index (χ0v) is 17.2. The summed E-state index contributed by atoms with van der Waals surface area (Å²) in [6, 6.07) is 21.9. The van der Waals surface area contributed by atoms with E-state index in [1.54, 1.807) is 19.2 Å². The molecule has 27 heavy (non-hydrogen) atoms. The van der Waals surface area contributed by atoms with Gasteiger partial charge in [-0.1, -0.05) is 36.4 Å². The van der Waals surface area contributed by atoms with Crippen LogP contribution in [0.25, 0.3) is 0 Å². The van der Waals surface area contributed by atoms with Crippen molar-refractivity contribution in [2.24, 2.45) is 4.15 Å². The number of methoxy groups -OCH3 is 1. The molecule has 3 aromatic rings. The molecule has 0 aliphatic carbocycles. The van der Waals surface area contributed by atoms with E-state index in [0.29, 0.717) is 5.75 Å². The minimum Gasteiger partial charge on any atom is -0.497 e. The minimum atomic E-state index is -3.82. The number of sulfonamides is 1. The molecule has 6 heteroatoms. The fraction of sp³-hybridized carbons (Fsp3) is 0.143. The van der Waals surface area contributed by atoms with E-state index >= 15 is 0 Å². The summed E-state index contributed by atoms with van der Waals surface area (Å²) < 4.78 is 35.5. The van der Waals surface area contributed by atoms with Crippen molar-refractivity contribution in [3.05, 3.63) is 83.9 Å². The Labute approximate surface area is 161 Å². The van der Waals surface area contributed by atoms with Crippen molar-refractivity contribution in [3.8, 4) is 5.75 Å². The Balaban J connectivity index is 2.20. The van der Waals surface area contributed by atoms with E-state index in [0.717, 1.165) is 21.7 Å². The second-order valence-electron chi connectivity index (χ2n) is 6.12. The number of aryl methyl sites for hydroxylation is 2. The van der Waals surface area contributed by atoms with Crippen LogP contribution >= 0.6 is 7.71 Å². The quantitative estimate of drug-likeness (QED) is 0.602. The highest BCUT2D eigenvalue weighted by Gasteiger charge is 2.29. The number of rotatable bonds is 5. The van der Waals surface area contributed by atoms with Gasteiger partial charge in [-0.15, -0.1) is 0 Å². The van der Waals surface area contributed by atoms with Crippen LogP contribution in [0.2, 0.25) is 0 Å². The fourth-order valence-electron chi connectivity index (χ4n) is 2.72. The zero-order chi connectivity index (χ0) is 19.4. The number of benzene rings is 3. The standard InChI is InChI=1S/C21H21NO3PS/c1-16-8-4-6-10-20(16)26(21-11-7-5-9-17(21)2)22-27(23,24)19-14-12-18(25-3)13-15-19/h4-15H,1-3H3/q+1. The molecule has 3 rings (SSSR count). The lowest BCUT2D eigenvalue weighted by Gasteiger charge is -2.03. The summed E-state index contributed by atoms with van der Waals surface area (Å²) in [5.41, 5.74) is 2.06. The van der Waals surface area contributed by atoms with Crippen LogP contribution in [-0.2, 0) is 10.0 Å². The molecule has 0 aromatic heterocycles. The molecule has 0 aliphatic heterocycles. The molecule has 0 radical (unpaired) electrons. The van der Waals surface area contributed by atoms with Gasteiger partial charge in [-0.3, -0.25) is 0 Å². The van der Waals surface area contributed by atoms with Gasteiger partial charge < -0.3 is 4.74 Å². The minimum absolute atomic E-state index is 0.165. The lowest BCUT2D eigenvalue weighted by Crippen LogP contribution is -2.13. The SMILES string of the molecule is COc1ccc(S(=O)(=O)N=[P+](c2ccccc2C)c2ccccc2C)cc1. The lowest BCUT2D eigenvalue weighted by molar-refractivity contribution is 0.414. The predicted octanol–water partition coefficient (Wildman–Crippen LogP) is 4.32. The normalized spacial score (nSPS) is 11.1. The van der Waals surface area contributed by atoms with Crippen molar-refractivity contribution in [2.75, 3.05) is 7.11 Å². The molecule has 0 atom stereocenters. The Morgan fingerprint density at radius 1 is 0.778 bits per heavy atom.